The van der Waals surface area contributed by atoms with Crippen molar-refractivity contribution in [1.82, 2.24) is 9.80 Å². The van der Waals surface area contributed by atoms with Crippen molar-refractivity contribution in [3.05, 3.63) is 77.2 Å². The van der Waals surface area contributed by atoms with E-state index in [1.54, 1.807) is 30.3 Å². The molecule has 6 heteroatoms. The maximum absolute atomic E-state index is 14.2. The molecule has 0 aromatic heterocycles. The molecule has 4 rings (SSSR count). The minimum Gasteiger partial charge on any atom is -0.396 e. The second kappa shape index (κ2) is 8.17. The van der Waals surface area contributed by atoms with Crippen LogP contribution in [0.3, 0.4) is 0 Å². The molecule has 2 aromatic carbocycles. The first kappa shape index (κ1) is 19.3. The van der Waals surface area contributed by atoms with E-state index in [2.05, 4.69) is 0 Å². The maximum atomic E-state index is 14.2. The van der Waals surface area contributed by atoms with Crippen LogP contribution in [-0.4, -0.2) is 46.4 Å². The maximum Gasteiger partial charge on any atom is 0.278 e. The van der Waals surface area contributed by atoms with E-state index in [-0.39, 0.29) is 19.1 Å². The number of amides is 2. The molecular weight excluding hydrogens is 371 g/mol. The van der Waals surface area contributed by atoms with Gasteiger partial charge in [0.25, 0.3) is 11.8 Å². The van der Waals surface area contributed by atoms with Gasteiger partial charge in [0.2, 0.25) is 0 Å². The van der Waals surface area contributed by atoms with Gasteiger partial charge < -0.3 is 10.0 Å². The Kier molecular flexibility index (Phi) is 5.45. The first-order valence-electron chi connectivity index (χ1n) is 9.85. The summed E-state index contributed by atoms with van der Waals surface area (Å²) in [5.41, 5.74) is 1.68. The van der Waals surface area contributed by atoms with Crippen molar-refractivity contribution in [1.29, 1.82) is 0 Å². The smallest absolute Gasteiger partial charge is 0.278 e. The summed E-state index contributed by atoms with van der Waals surface area (Å²) < 4.78 is 14.2. The Hall–Kier alpha value is -2.99. The number of aliphatic hydroxyl groups is 1. The Morgan fingerprint density at radius 3 is 2.45 bits per heavy atom. The van der Waals surface area contributed by atoms with E-state index in [0.717, 1.165) is 17.7 Å². The molecule has 2 aliphatic heterocycles. The molecule has 2 aromatic rings. The normalized spacial score (nSPS) is 20.0. The Morgan fingerprint density at radius 1 is 1.00 bits per heavy atom. The number of aliphatic hydroxyl groups excluding tert-OH is 1. The van der Waals surface area contributed by atoms with Crippen LogP contribution in [0.4, 0.5) is 4.39 Å². The number of nitrogens with zero attached hydrogens (tertiary/aromatic N) is 2. The van der Waals surface area contributed by atoms with Gasteiger partial charge in [0, 0.05) is 25.3 Å². The van der Waals surface area contributed by atoms with Crippen molar-refractivity contribution in [2.24, 2.45) is 5.92 Å². The van der Waals surface area contributed by atoms with Crippen molar-refractivity contribution in [3.8, 4) is 0 Å². The lowest BCUT2D eigenvalue weighted by Crippen LogP contribution is -2.40. The van der Waals surface area contributed by atoms with Crippen LogP contribution in [0.5, 0.6) is 0 Å². The van der Waals surface area contributed by atoms with E-state index < -0.39 is 17.6 Å². The molecule has 1 N–H and O–H groups in total. The molecular formula is C23H23FN2O3. The fraction of sp³-hybridized carbons (Fsp3) is 0.304. The number of carbonyl (C=O) groups excluding carboxylic acids is 2. The first-order chi connectivity index (χ1) is 14.1. The highest BCUT2D eigenvalue weighted by Crippen LogP contribution is 2.34. The fourth-order valence-electron chi connectivity index (χ4n) is 4.08. The van der Waals surface area contributed by atoms with Crippen LogP contribution in [0.25, 0.3) is 5.57 Å². The van der Waals surface area contributed by atoms with Gasteiger partial charge in [-0.15, -0.1) is 0 Å². The van der Waals surface area contributed by atoms with Gasteiger partial charge in [-0.2, -0.15) is 0 Å². The zero-order valence-corrected chi connectivity index (χ0v) is 16.1. The van der Waals surface area contributed by atoms with Crippen molar-refractivity contribution < 1.29 is 19.1 Å². The van der Waals surface area contributed by atoms with Gasteiger partial charge in [0.1, 0.15) is 11.5 Å². The molecule has 0 radical (unpaired) electrons. The third kappa shape index (κ3) is 3.68. The summed E-state index contributed by atoms with van der Waals surface area (Å²) in [5.74, 6) is -1.20. The summed E-state index contributed by atoms with van der Waals surface area (Å²) >= 11 is 0. The van der Waals surface area contributed by atoms with Gasteiger partial charge in [-0.05, 0) is 30.4 Å². The number of rotatable bonds is 5. The van der Waals surface area contributed by atoms with E-state index in [1.165, 1.54) is 6.07 Å². The van der Waals surface area contributed by atoms with Crippen LogP contribution in [-0.2, 0) is 16.1 Å². The highest BCUT2D eigenvalue weighted by Gasteiger charge is 2.42. The second-order valence-electron chi connectivity index (χ2n) is 7.51. The lowest BCUT2D eigenvalue weighted by atomic mass is 9.97. The van der Waals surface area contributed by atoms with Gasteiger partial charge in [-0.3, -0.25) is 14.5 Å². The molecule has 1 fully saturated rings. The number of hydrogen-bond donors (Lipinski definition) is 1. The number of imide groups is 1. The van der Waals surface area contributed by atoms with Crippen LogP contribution in [0, 0.1) is 11.7 Å². The minimum absolute atomic E-state index is 0.0472. The number of carbonyl (C=O) groups is 2. The van der Waals surface area contributed by atoms with Crippen molar-refractivity contribution in [2.75, 3.05) is 19.7 Å². The quantitative estimate of drug-likeness (QED) is 0.793. The van der Waals surface area contributed by atoms with Crippen molar-refractivity contribution in [3.63, 3.8) is 0 Å². The Balaban J connectivity index is 1.73. The van der Waals surface area contributed by atoms with E-state index in [0.29, 0.717) is 35.5 Å². The van der Waals surface area contributed by atoms with E-state index in [4.69, 9.17) is 0 Å². The molecule has 2 aliphatic rings. The Labute approximate surface area is 169 Å². The molecule has 2 amide bonds. The highest BCUT2D eigenvalue weighted by atomic mass is 19.1. The summed E-state index contributed by atoms with van der Waals surface area (Å²) in [6, 6.07) is 15.3. The summed E-state index contributed by atoms with van der Waals surface area (Å²) in [6.45, 7) is 1.11. The third-order valence-corrected chi connectivity index (χ3v) is 5.59. The lowest BCUT2D eigenvalue weighted by molar-refractivity contribution is -0.138. The second-order valence-corrected chi connectivity index (χ2v) is 7.51. The molecule has 29 heavy (non-hydrogen) atoms. The number of halogens is 1. The van der Waals surface area contributed by atoms with Gasteiger partial charge in [-0.1, -0.05) is 48.5 Å². The average molecular weight is 394 g/mol. The van der Waals surface area contributed by atoms with Gasteiger partial charge in [-0.25, -0.2) is 4.39 Å². The summed E-state index contributed by atoms with van der Waals surface area (Å²) in [7, 11) is 0. The van der Waals surface area contributed by atoms with Crippen molar-refractivity contribution >= 4 is 17.4 Å². The van der Waals surface area contributed by atoms with E-state index in [9.17, 15) is 19.1 Å². The van der Waals surface area contributed by atoms with Gasteiger partial charge in [0.15, 0.2) is 0 Å². The molecule has 1 atom stereocenters. The molecule has 2 heterocycles. The Morgan fingerprint density at radius 2 is 1.72 bits per heavy atom. The number of likely N-dealkylation sites (tertiary alicyclic amines) is 1. The molecule has 0 saturated carbocycles. The molecule has 1 saturated heterocycles. The predicted octanol–water partition coefficient (Wildman–Crippen LogP) is 2.81. The molecule has 0 bridgehead atoms. The molecule has 150 valence electrons. The van der Waals surface area contributed by atoms with E-state index >= 15 is 0 Å². The summed E-state index contributed by atoms with van der Waals surface area (Å²) in [6.07, 6.45) is 1.73. The zero-order chi connectivity index (χ0) is 20.4. The van der Waals surface area contributed by atoms with Crippen LogP contribution < -0.4 is 0 Å². The molecule has 0 aliphatic carbocycles. The third-order valence-electron chi connectivity index (χ3n) is 5.59. The SMILES string of the molecule is O=C1C(c2ccccc2)=C(N2CCCC(CO)C2)C(=O)N1Cc1ccccc1F. The average Bonchev–Trinajstić information content (AvgIpc) is 3.00. The Bertz CT molecular complexity index is 958. The standard InChI is InChI=1S/C23H23FN2O3/c24-19-11-5-4-10-18(19)14-26-22(28)20(17-8-2-1-3-9-17)21(23(26)29)25-12-6-7-16(13-25)15-27/h1-5,8-11,16,27H,6-7,12-15H2. The number of benzene rings is 2. The summed E-state index contributed by atoms with van der Waals surface area (Å²) in [5, 5.41) is 9.58. The summed E-state index contributed by atoms with van der Waals surface area (Å²) in [4.78, 5) is 29.6. The first-order valence-corrected chi connectivity index (χ1v) is 9.85. The monoisotopic (exact) mass is 394 g/mol. The van der Waals surface area contributed by atoms with Gasteiger partial charge in [0.05, 0.1) is 12.1 Å². The minimum atomic E-state index is -0.443. The highest BCUT2D eigenvalue weighted by molar-refractivity contribution is 6.35. The number of hydrogen-bond acceptors (Lipinski definition) is 4. The molecule has 0 spiro atoms. The zero-order valence-electron chi connectivity index (χ0n) is 16.1. The van der Waals surface area contributed by atoms with Crippen LogP contribution in [0.2, 0.25) is 0 Å². The predicted molar refractivity (Wildman–Crippen MR) is 107 cm³/mol. The largest absolute Gasteiger partial charge is 0.396 e. The fourth-order valence-corrected chi connectivity index (χ4v) is 4.08. The van der Waals surface area contributed by atoms with Gasteiger partial charge >= 0.3 is 0 Å². The number of piperidine rings is 1. The molecule has 1 unspecified atom stereocenters. The molecule has 5 nitrogen and oxygen atoms in total. The van der Waals surface area contributed by atoms with E-state index in [1.807, 2.05) is 23.1 Å². The van der Waals surface area contributed by atoms with Crippen LogP contribution in [0.1, 0.15) is 24.0 Å². The van der Waals surface area contributed by atoms with Crippen LogP contribution in [0.15, 0.2) is 60.3 Å². The topological polar surface area (TPSA) is 60.9 Å². The van der Waals surface area contributed by atoms with Crippen molar-refractivity contribution in [2.45, 2.75) is 19.4 Å². The lowest BCUT2D eigenvalue weighted by Gasteiger charge is -2.34. The van der Waals surface area contributed by atoms with Crippen LogP contribution >= 0.6 is 0 Å².